The van der Waals surface area contributed by atoms with Crippen molar-refractivity contribution in [1.82, 2.24) is 10.2 Å². The first-order chi connectivity index (χ1) is 20.3. The number of carbonyl (C=O) groups excluding carboxylic acids is 2. The SMILES string of the molecule is CCC(C)NC(=O)C(Cc1ccccc1)N(Cc1ccc(Cl)c(Cl)c1)C(=O)CCCN(c1cccc(Cl)c1C)S(C)(=O)=O. The fraction of sp³-hybridized carbons (Fsp3) is 0.375. The van der Waals surface area contributed by atoms with Crippen molar-refractivity contribution in [1.29, 1.82) is 0 Å². The monoisotopic (exact) mass is 665 g/mol. The van der Waals surface area contributed by atoms with Gasteiger partial charge < -0.3 is 10.2 Å². The Balaban J connectivity index is 1.93. The van der Waals surface area contributed by atoms with E-state index in [0.717, 1.165) is 18.2 Å². The predicted octanol–water partition coefficient (Wildman–Crippen LogP) is 7.06. The van der Waals surface area contributed by atoms with Crippen molar-refractivity contribution in [3.8, 4) is 0 Å². The van der Waals surface area contributed by atoms with E-state index in [0.29, 0.717) is 38.3 Å². The molecule has 3 aromatic rings. The number of hydrogen-bond donors (Lipinski definition) is 1. The van der Waals surface area contributed by atoms with Gasteiger partial charge in [0.1, 0.15) is 6.04 Å². The molecule has 0 saturated carbocycles. The van der Waals surface area contributed by atoms with Crippen LogP contribution in [0.5, 0.6) is 0 Å². The van der Waals surface area contributed by atoms with Crippen molar-refractivity contribution in [2.75, 3.05) is 17.1 Å². The van der Waals surface area contributed by atoms with Crippen LogP contribution in [0.15, 0.2) is 66.7 Å². The number of hydrogen-bond acceptors (Lipinski definition) is 4. The fourth-order valence-corrected chi connectivity index (χ4v) is 6.18. The van der Waals surface area contributed by atoms with Crippen LogP contribution < -0.4 is 9.62 Å². The molecule has 0 radical (unpaired) electrons. The zero-order chi connectivity index (χ0) is 31.7. The van der Waals surface area contributed by atoms with E-state index in [-0.39, 0.29) is 43.8 Å². The van der Waals surface area contributed by atoms with Crippen LogP contribution in [0, 0.1) is 6.92 Å². The van der Waals surface area contributed by atoms with E-state index in [1.54, 1.807) is 48.2 Å². The van der Waals surface area contributed by atoms with Gasteiger partial charge in [0.2, 0.25) is 21.8 Å². The highest BCUT2D eigenvalue weighted by Gasteiger charge is 2.31. The number of nitrogens with one attached hydrogen (secondary N) is 1. The molecule has 7 nitrogen and oxygen atoms in total. The van der Waals surface area contributed by atoms with Crippen molar-refractivity contribution >= 4 is 62.3 Å². The minimum atomic E-state index is -3.66. The molecule has 0 heterocycles. The van der Waals surface area contributed by atoms with Crippen molar-refractivity contribution in [3.05, 3.63) is 98.5 Å². The summed E-state index contributed by atoms with van der Waals surface area (Å²) in [4.78, 5) is 29.2. The van der Waals surface area contributed by atoms with Crippen LogP contribution in [0.2, 0.25) is 15.1 Å². The van der Waals surface area contributed by atoms with Crippen molar-refractivity contribution < 1.29 is 18.0 Å². The third-order valence-corrected chi connectivity index (χ3v) is 9.60. The van der Waals surface area contributed by atoms with E-state index in [2.05, 4.69) is 5.32 Å². The summed E-state index contributed by atoms with van der Waals surface area (Å²) in [6, 6.07) is 18.8. The first-order valence-electron chi connectivity index (χ1n) is 14.1. The van der Waals surface area contributed by atoms with Crippen molar-refractivity contribution in [2.24, 2.45) is 0 Å². The number of amides is 2. The standard InChI is InChI=1S/C32H38Cl3N3O4S/c1-5-22(2)36-32(40)30(20-24-11-7-6-8-12-24)37(21-25-16-17-27(34)28(35)19-25)31(39)15-10-18-38(43(4,41)42)29-14-9-13-26(33)23(29)3/h6-9,11-14,16-17,19,22,30H,5,10,15,18,20-21H2,1-4H3,(H,36,40). The van der Waals surface area contributed by atoms with Crippen molar-refractivity contribution in [2.45, 2.75) is 65.1 Å². The van der Waals surface area contributed by atoms with Crippen LogP contribution in [0.25, 0.3) is 0 Å². The number of anilines is 1. The van der Waals surface area contributed by atoms with E-state index in [9.17, 15) is 18.0 Å². The Morgan fingerprint density at radius 1 is 0.907 bits per heavy atom. The molecule has 2 amide bonds. The second-order valence-corrected chi connectivity index (χ2v) is 13.7. The van der Waals surface area contributed by atoms with Crippen LogP contribution in [0.3, 0.4) is 0 Å². The second-order valence-electron chi connectivity index (χ2n) is 10.6. The summed E-state index contributed by atoms with van der Waals surface area (Å²) in [6.07, 6.45) is 2.39. The lowest BCUT2D eigenvalue weighted by Crippen LogP contribution is -2.52. The molecule has 11 heteroatoms. The van der Waals surface area contributed by atoms with Gasteiger partial charge in [-0.1, -0.05) is 84.2 Å². The van der Waals surface area contributed by atoms with Crippen molar-refractivity contribution in [3.63, 3.8) is 0 Å². The molecule has 0 aliphatic rings. The highest BCUT2D eigenvalue weighted by atomic mass is 35.5. The van der Waals surface area contributed by atoms with E-state index < -0.39 is 16.1 Å². The average Bonchev–Trinajstić information content (AvgIpc) is 2.96. The predicted molar refractivity (Wildman–Crippen MR) is 176 cm³/mol. The van der Waals surface area contributed by atoms with Crippen LogP contribution in [-0.2, 0) is 32.6 Å². The molecule has 0 aliphatic heterocycles. The summed E-state index contributed by atoms with van der Waals surface area (Å²) >= 11 is 18.7. The summed E-state index contributed by atoms with van der Waals surface area (Å²) in [7, 11) is -3.66. The molecule has 0 spiro atoms. The maximum atomic E-state index is 14.0. The van der Waals surface area contributed by atoms with E-state index in [1.165, 1.54) is 4.31 Å². The molecule has 3 aromatic carbocycles. The molecule has 3 rings (SSSR count). The highest BCUT2D eigenvalue weighted by molar-refractivity contribution is 7.92. The smallest absolute Gasteiger partial charge is 0.243 e. The normalized spacial score (nSPS) is 12.8. The van der Waals surface area contributed by atoms with Gasteiger partial charge in [0.25, 0.3) is 0 Å². The zero-order valence-electron chi connectivity index (χ0n) is 24.8. The Hall–Kier alpha value is -2.78. The lowest BCUT2D eigenvalue weighted by atomic mass is 10.0. The lowest BCUT2D eigenvalue weighted by molar-refractivity contribution is -0.141. The van der Waals surface area contributed by atoms with E-state index in [4.69, 9.17) is 34.8 Å². The van der Waals surface area contributed by atoms with Gasteiger partial charge in [0, 0.05) is 37.0 Å². The summed E-state index contributed by atoms with van der Waals surface area (Å²) < 4.78 is 26.8. The molecule has 0 aliphatic carbocycles. The van der Waals surface area contributed by atoms with Gasteiger partial charge in [-0.15, -0.1) is 0 Å². The number of nitrogens with zero attached hydrogens (tertiary/aromatic N) is 2. The topological polar surface area (TPSA) is 86.8 Å². The maximum Gasteiger partial charge on any atom is 0.243 e. The molecule has 0 saturated heterocycles. The first-order valence-corrected chi connectivity index (χ1v) is 17.1. The maximum absolute atomic E-state index is 14.0. The Morgan fingerprint density at radius 2 is 1.60 bits per heavy atom. The number of benzene rings is 3. The van der Waals surface area contributed by atoms with Gasteiger partial charge in [-0.05, 0) is 67.6 Å². The summed E-state index contributed by atoms with van der Waals surface area (Å²) in [5.74, 6) is -0.554. The lowest BCUT2D eigenvalue weighted by Gasteiger charge is -2.33. The van der Waals surface area contributed by atoms with Gasteiger partial charge in [-0.25, -0.2) is 8.42 Å². The Bertz CT molecular complexity index is 1520. The number of halogens is 3. The number of carbonyl (C=O) groups is 2. The molecule has 43 heavy (non-hydrogen) atoms. The Kier molecular flexibility index (Phi) is 12.8. The summed E-state index contributed by atoms with van der Waals surface area (Å²) in [5.41, 5.74) is 2.71. The molecule has 0 aromatic heterocycles. The molecule has 0 bridgehead atoms. The number of sulfonamides is 1. The third kappa shape index (κ3) is 9.86. The summed E-state index contributed by atoms with van der Waals surface area (Å²) in [5, 5.41) is 4.22. The fourth-order valence-electron chi connectivity index (χ4n) is 4.68. The first kappa shape index (κ1) is 34.7. The average molecular weight is 667 g/mol. The molecular formula is C32H38Cl3N3O4S. The largest absolute Gasteiger partial charge is 0.352 e. The molecule has 2 atom stereocenters. The third-order valence-electron chi connectivity index (χ3n) is 7.27. The number of rotatable bonds is 14. The minimum Gasteiger partial charge on any atom is -0.352 e. The van der Waals surface area contributed by atoms with Crippen LogP contribution in [0.1, 0.15) is 49.8 Å². The Labute approximate surface area is 270 Å². The van der Waals surface area contributed by atoms with Crippen LogP contribution in [0.4, 0.5) is 5.69 Å². The molecule has 1 N–H and O–H groups in total. The van der Waals surface area contributed by atoms with Gasteiger partial charge >= 0.3 is 0 Å². The van der Waals surface area contributed by atoms with Gasteiger partial charge in [0.05, 0.1) is 22.0 Å². The molecular weight excluding hydrogens is 629 g/mol. The second kappa shape index (κ2) is 15.8. The van der Waals surface area contributed by atoms with E-state index >= 15 is 0 Å². The van der Waals surface area contributed by atoms with Gasteiger partial charge in [0.15, 0.2) is 0 Å². The van der Waals surface area contributed by atoms with Crippen LogP contribution >= 0.6 is 34.8 Å². The van der Waals surface area contributed by atoms with Gasteiger partial charge in [-0.3, -0.25) is 13.9 Å². The molecule has 232 valence electrons. The molecule has 0 fully saturated rings. The summed E-state index contributed by atoms with van der Waals surface area (Å²) in [6.45, 7) is 5.83. The zero-order valence-corrected chi connectivity index (χ0v) is 27.9. The van der Waals surface area contributed by atoms with Gasteiger partial charge in [-0.2, -0.15) is 0 Å². The molecule has 2 unspecified atom stereocenters. The quantitative estimate of drug-likeness (QED) is 0.200. The van der Waals surface area contributed by atoms with Crippen LogP contribution in [-0.4, -0.2) is 50.0 Å². The van der Waals surface area contributed by atoms with E-state index in [1.807, 2.05) is 44.2 Å². The Morgan fingerprint density at radius 3 is 2.23 bits per heavy atom. The minimum absolute atomic E-state index is 0.00879. The highest BCUT2D eigenvalue weighted by Crippen LogP contribution is 2.29.